The molecular formula is C27H42N4O4. The number of rotatable bonds is 8. The van der Waals surface area contributed by atoms with Gasteiger partial charge in [0.15, 0.2) is 0 Å². The zero-order valence-electron chi connectivity index (χ0n) is 21.7. The molecule has 8 heteroatoms. The van der Waals surface area contributed by atoms with Gasteiger partial charge in [-0.2, -0.15) is 0 Å². The molecule has 1 aliphatic carbocycles. The smallest absolute Gasteiger partial charge is 0.319 e. The summed E-state index contributed by atoms with van der Waals surface area (Å²) >= 11 is 0. The van der Waals surface area contributed by atoms with Crippen LogP contribution in [0, 0.1) is 11.8 Å². The van der Waals surface area contributed by atoms with Gasteiger partial charge in [0.25, 0.3) is 0 Å². The van der Waals surface area contributed by atoms with Gasteiger partial charge >= 0.3 is 6.03 Å². The number of carbonyl (C=O) groups excluding carboxylic acids is 3. The number of amides is 4. The molecule has 8 nitrogen and oxygen atoms in total. The number of urea groups is 1. The van der Waals surface area contributed by atoms with Gasteiger partial charge < -0.3 is 25.2 Å². The number of carbonyl (C=O) groups is 3. The van der Waals surface area contributed by atoms with Gasteiger partial charge in [0, 0.05) is 37.3 Å². The Bertz CT molecular complexity index is 853. The van der Waals surface area contributed by atoms with Crippen molar-refractivity contribution in [1.82, 2.24) is 15.1 Å². The molecule has 2 fully saturated rings. The molecule has 4 amide bonds. The Hall–Kier alpha value is -2.77. The summed E-state index contributed by atoms with van der Waals surface area (Å²) in [6, 6.07) is 6.07. The van der Waals surface area contributed by atoms with Crippen molar-refractivity contribution < 1.29 is 19.1 Å². The van der Waals surface area contributed by atoms with Crippen molar-refractivity contribution in [2.75, 3.05) is 31.6 Å². The van der Waals surface area contributed by atoms with E-state index in [0.29, 0.717) is 31.9 Å². The van der Waals surface area contributed by atoms with Gasteiger partial charge in [-0.3, -0.25) is 9.59 Å². The number of hydrogen-bond donors (Lipinski definition) is 2. The number of anilines is 1. The van der Waals surface area contributed by atoms with Crippen LogP contribution in [0.15, 0.2) is 24.3 Å². The van der Waals surface area contributed by atoms with E-state index in [1.54, 1.807) is 24.3 Å². The summed E-state index contributed by atoms with van der Waals surface area (Å²) in [4.78, 5) is 43.1. The Morgan fingerprint density at radius 2 is 1.74 bits per heavy atom. The van der Waals surface area contributed by atoms with Gasteiger partial charge in [-0.25, -0.2) is 4.79 Å². The zero-order valence-corrected chi connectivity index (χ0v) is 21.7. The van der Waals surface area contributed by atoms with E-state index in [9.17, 15) is 14.4 Å². The fourth-order valence-corrected chi connectivity index (χ4v) is 5.06. The number of nitrogens with one attached hydrogen (secondary N) is 2. The van der Waals surface area contributed by atoms with Crippen LogP contribution in [-0.4, -0.2) is 66.0 Å². The first-order chi connectivity index (χ1) is 16.8. The fourth-order valence-electron chi connectivity index (χ4n) is 5.06. The Kier molecular flexibility index (Phi) is 9.81. The Morgan fingerprint density at radius 1 is 1.06 bits per heavy atom. The van der Waals surface area contributed by atoms with E-state index in [1.807, 2.05) is 37.5 Å². The van der Waals surface area contributed by atoms with Crippen LogP contribution in [0.4, 0.5) is 10.5 Å². The van der Waals surface area contributed by atoms with Crippen LogP contribution in [0.5, 0.6) is 5.75 Å². The molecule has 194 valence electrons. The Morgan fingerprint density at radius 3 is 2.34 bits per heavy atom. The molecule has 0 bridgehead atoms. The average Bonchev–Trinajstić information content (AvgIpc) is 2.87. The molecule has 1 aromatic rings. The molecule has 1 heterocycles. The second-order valence-corrected chi connectivity index (χ2v) is 9.92. The van der Waals surface area contributed by atoms with Crippen molar-refractivity contribution in [3.05, 3.63) is 24.3 Å². The van der Waals surface area contributed by atoms with Gasteiger partial charge in [-0.05, 0) is 56.9 Å². The molecule has 1 aliphatic heterocycles. The summed E-state index contributed by atoms with van der Waals surface area (Å²) < 4.78 is 5.44. The molecule has 0 radical (unpaired) electrons. The summed E-state index contributed by atoms with van der Waals surface area (Å²) in [5.74, 6) is 1.01. The molecule has 3 rings (SSSR count). The minimum atomic E-state index is -0.629. The van der Waals surface area contributed by atoms with Crippen LogP contribution in [0.3, 0.4) is 0 Å². The number of piperazine rings is 1. The summed E-state index contributed by atoms with van der Waals surface area (Å²) in [5, 5.41) is 5.72. The number of ether oxygens (including phenoxy) is 1. The summed E-state index contributed by atoms with van der Waals surface area (Å²) in [5.41, 5.74) is 0.629. The molecule has 3 unspecified atom stereocenters. The third-order valence-corrected chi connectivity index (χ3v) is 7.37. The SMILES string of the molecule is CCOc1ccc(NC(=O)NC(C(=O)N2CCN(C(=O)C3CCCCC3)C(C)C2)C(C)CC)cc1. The topological polar surface area (TPSA) is 91.0 Å². The van der Waals surface area contributed by atoms with E-state index in [4.69, 9.17) is 4.74 Å². The van der Waals surface area contributed by atoms with E-state index < -0.39 is 12.1 Å². The number of nitrogens with zero attached hydrogens (tertiary/aromatic N) is 2. The molecule has 2 N–H and O–H groups in total. The first kappa shape index (κ1) is 26.8. The molecule has 1 saturated carbocycles. The lowest BCUT2D eigenvalue weighted by Gasteiger charge is -2.43. The van der Waals surface area contributed by atoms with Gasteiger partial charge in [-0.15, -0.1) is 0 Å². The predicted octanol–water partition coefficient (Wildman–Crippen LogP) is 4.26. The first-order valence-corrected chi connectivity index (χ1v) is 13.2. The third-order valence-electron chi connectivity index (χ3n) is 7.37. The zero-order chi connectivity index (χ0) is 25.4. The molecular weight excluding hydrogens is 444 g/mol. The van der Waals surface area contributed by atoms with Crippen molar-refractivity contribution in [3.63, 3.8) is 0 Å². The average molecular weight is 487 g/mol. The Labute approximate surface area is 209 Å². The maximum Gasteiger partial charge on any atom is 0.319 e. The second-order valence-electron chi connectivity index (χ2n) is 9.92. The van der Waals surface area contributed by atoms with Crippen LogP contribution in [0.2, 0.25) is 0 Å². The molecule has 1 aromatic carbocycles. The van der Waals surface area contributed by atoms with Crippen molar-refractivity contribution >= 4 is 23.5 Å². The van der Waals surface area contributed by atoms with Gasteiger partial charge in [0.1, 0.15) is 11.8 Å². The number of hydrogen-bond acceptors (Lipinski definition) is 4. The minimum absolute atomic E-state index is 0.0224. The van der Waals surface area contributed by atoms with Crippen molar-refractivity contribution in [2.45, 2.75) is 78.3 Å². The largest absolute Gasteiger partial charge is 0.494 e. The summed E-state index contributed by atoms with van der Waals surface area (Å²) in [6.07, 6.45) is 6.20. The Balaban J connectivity index is 1.59. The lowest BCUT2D eigenvalue weighted by atomic mass is 9.87. The molecule has 0 spiro atoms. The maximum atomic E-state index is 13.5. The van der Waals surface area contributed by atoms with Crippen molar-refractivity contribution in [1.29, 1.82) is 0 Å². The second kappa shape index (κ2) is 12.8. The minimum Gasteiger partial charge on any atom is -0.494 e. The number of benzene rings is 1. The summed E-state index contributed by atoms with van der Waals surface area (Å²) in [6.45, 7) is 10.0. The van der Waals surface area contributed by atoms with Crippen LogP contribution >= 0.6 is 0 Å². The monoisotopic (exact) mass is 486 g/mol. The molecule has 2 aliphatic rings. The van der Waals surface area contributed by atoms with E-state index in [1.165, 1.54) is 6.42 Å². The van der Waals surface area contributed by atoms with E-state index in [2.05, 4.69) is 10.6 Å². The predicted molar refractivity (Wildman–Crippen MR) is 137 cm³/mol. The molecule has 0 aromatic heterocycles. The maximum absolute atomic E-state index is 13.5. The lowest BCUT2D eigenvalue weighted by molar-refractivity contribution is -0.147. The molecule has 1 saturated heterocycles. The van der Waals surface area contributed by atoms with E-state index in [-0.39, 0.29) is 29.7 Å². The standard InChI is InChI=1S/C27H42N4O4/c1-5-19(3)24(29-27(34)28-22-12-14-23(15-13-22)35-6-2)26(33)30-16-17-31(20(4)18-30)25(32)21-10-8-7-9-11-21/h12-15,19-21,24H,5-11,16-18H2,1-4H3,(H2,28,29,34). The highest BCUT2D eigenvalue weighted by Crippen LogP contribution is 2.27. The highest BCUT2D eigenvalue weighted by atomic mass is 16.5. The fraction of sp³-hybridized carbons (Fsp3) is 0.667. The van der Waals surface area contributed by atoms with Gasteiger partial charge in [-0.1, -0.05) is 39.5 Å². The lowest BCUT2D eigenvalue weighted by Crippen LogP contribution is -2.61. The normalized spacial score (nSPS) is 20.6. The van der Waals surface area contributed by atoms with Crippen LogP contribution < -0.4 is 15.4 Å². The quantitative estimate of drug-likeness (QED) is 0.574. The van der Waals surface area contributed by atoms with Crippen LogP contribution in [-0.2, 0) is 9.59 Å². The highest BCUT2D eigenvalue weighted by Gasteiger charge is 2.37. The van der Waals surface area contributed by atoms with Crippen molar-refractivity contribution in [3.8, 4) is 5.75 Å². The third kappa shape index (κ3) is 7.12. The van der Waals surface area contributed by atoms with Crippen molar-refractivity contribution in [2.24, 2.45) is 11.8 Å². The van der Waals surface area contributed by atoms with Crippen LogP contribution in [0.25, 0.3) is 0 Å². The highest BCUT2D eigenvalue weighted by molar-refractivity contribution is 5.94. The molecule has 35 heavy (non-hydrogen) atoms. The van der Waals surface area contributed by atoms with E-state index in [0.717, 1.165) is 37.9 Å². The van der Waals surface area contributed by atoms with Gasteiger partial charge in [0.2, 0.25) is 11.8 Å². The van der Waals surface area contributed by atoms with Crippen LogP contribution in [0.1, 0.15) is 66.2 Å². The molecule has 3 atom stereocenters. The van der Waals surface area contributed by atoms with E-state index >= 15 is 0 Å². The first-order valence-electron chi connectivity index (χ1n) is 13.2. The summed E-state index contributed by atoms with van der Waals surface area (Å²) in [7, 11) is 0. The van der Waals surface area contributed by atoms with Gasteiger partial charge in [0.05, 0.1) is 6.61 Å².